The van der Waals surface area contributed by atoms with Crippen molar-refractivity contribution in [1.29, 1.82) is 0 Å². The van der Waals surface area contributed by atoms with Gasteiger partial charge >= 0.3 is 0 Å². The van der Waals surface area contributed by atoms with Crippen LogP contribution in [0.15, 0.2) is 79.0 Å². The smallest absolute Gasteiger partial charge is 0.0314 e. The molecule has 2 rings (SSSR count). The van der Waals surface area contributed by atoms with E-state index in [1.807, 2.05) is 49.4 Å². The summed E-state index contributed by atoms with van der Waals surface area (Å²) in [5, 5.41) is 0. The number of nitrogen functional groups attached to an aromatic ring is 1. The Hall–Kier alpha value is -2.74. The highest BCUT2D eigenvalue weighted by Gasteiger charge is 1.99. The van der Waals surface area contributed by atoms with Gasteiger partial charge in [0.1, 0.15) is 0 Å². The minimum absolute atomic E-state index is 0.731. The third-order valence-corrected chi connectivity index (χ3v) is 3.31. The number of hydrogen-bond donors (Lipinski definition) is 2. The molecule has 0 aliphatic carbocycles. The quantitative estimate of drug-likeness (QED) is 0.643. The Morgan fingerprint density at radius 1 is 0.905 bits per heavy atom. The molecule has 0 atom stereocenters. The van der Waals surface area contributed by atoms with Crippen LogP contribution in [0.25, 0.3) is 16.7 Å². The van der Waals surface area contributed by atoms with Gasteiger partial charge in [-0.15, -0.1) is 0 Å². The molecule has 0 saturated heterocycles. The van der Waals surface area contributed by atoms with Crippen LogP contribution in [0.3, 0.4) is 0 Å². The number of anilines is 1. The van der Waals surface area contributed by atoms with Crippen molar-refractivity contribution in [2.45, 2.75) is 6.92 Å². The molecule has 106 valence electrons. The first-order chi connectivity index (χ1) is 10.1. The first-order valence-electron chi connectivity index (χ1n) is 6.85. The van der Waals surface area contributed by atoms with Crippen molar-refractivity contribution in [3.05, 3.63) is 84.6 Å². The number of nitrogens with two attached hydrogens (primary N) is 2. The van der Waals surface area contributed by atoms with Gasteiger partial charge in [-0.1, -0.05) is 55.1 Å². The van der Waals surface area contributed by atoms with Crippen molar-refractivity contribution in [3.8, 4) is 11.1 Å². The van der Waals surface area contributed by atoms with Gasteiger partial charge in [0.2, 0.25) is 0 Å². The molecular weight excluding hydrogens is 256 g/mol. The van der Waals surface area contributed by atoms with Gasteiger partial charge in [0.05, 0.1) is 0 Å². The summed E-state index contributed by atoms with van der Waals surface area (Å²) in [6.07, 6.45) is 5.64. The summed E-state index contributed by atoms with van der Waals surface area (Å²) in [5.74, 6) is 0. The average molecular weight is 276 g/mol. The second kappa shape index (κ2) is 6.62. The van der Waals surface area contributed by atoms with Gasteiger partial charge in [0.25, 0.3) is 0 Å². The first kappa shape index (κ1) is 14.7. The van der Waals surface area contributed by atoms with Crippen molar-refractivity contribution in [3.63, 3.8) is 0 Å². The Morgan fingerprint density at radius 3 is 1.95 bits per heavy atom. The van der Waals surface area contributed by atoms with Crippen LogP contribution < -0.4 is 11.5 Å². The minimum Gasteiger partial charge on any atom is -0.399 e. The van der Waals surface area contributed by atoms with Crippen LogP contribution in [0.4, 0.5) is 5.69 Å². The van der Waals surface area contributed by atoms with Crippen LogP contribution in [-0.2, 0) is 0 Å². The summed E-state index contributed by atoms with van der Waals surface area (Å²) in [7, 11) is 0. The molecule has 2 aromatic rings. The van der Waals surface area contributed by atoms with Crippen LogP contribution in [0.5, 0.6) is 0 Å². The minimum atomic E-state index is 0.731. The zero-order valence-electron chi connectivity index (χ0n) is 12.2. The van der Waals surface area contributed by atoms with Crippen molar-refractivity contribution >= 4 is 11.3 Å². The summed E-state index contributed by atoms with van der Waals surface area (Å²) in [6, 6.07) is 16.1. The summed E-state index contributed by atoms with van der Waals surface area (Å²) in [6.45, 7) is 5.97. The first-order valence-corrected chi connectivity index (χ1v) is 6.85. The highest BCUT2D eigenvalue weighted by Crippen LogP contribution is 2.23. The molecule has 0 bridgehead atoms. The lowest BCUT2D eigenvalue weighted by Crippen LogP contribution is -1.91. The van der Waals surface area contributed by atoms with Gasteiger partial charge in [-0.2, -0.15) is 0 Å². The molecule has 0 aliphatic rings. The maximum absolute atomic E-state index is 5.73. The van der Waals surface area contributed by atoms with Crippen LogP contribution in [0.2, 0.25) is 0 Å². The SMILES string of the molecule is C=C(/C=C\C(N)=C/C)c1ccc(-c2ccc(N)cc2)cc1. The van der Waals surface area contributed by atoms with Gasteiger partial charge in [-0.25, -0.2) is 0 Å². The molecular formula is C19H20N2. The molecule has 2 heteroatoms. The maximum atomic E-state index is 5.73. The lowest BCUT2D eigenvalue weighted by molar-refractivity contribution is 1.40. The third kappa shape index (κ3) is 3.86. The maximum Gasteiger partial charge on any atom is 0.0314 e. The molecule has 0 amide bonds. The predicted octanol–water partition coefficient (Wildman–Crippen LogP) is 4.37. The predicted molar refractivity (Wildman–Crippen MR) is 92.4 cm³/mol. The van der Waals surface area contributed by atoms with Gasteiger partial charge in [0.15, 0.2) is 0 Å². The van der Waals surface area contributed by atoms with Gasteiger partial charge < -0.3 is 11.5 Å². The van der Waals surface area contributed by atoms with Gasteiger partial charge in [-0.3, -0.25) is 0 Å². The van der Waals surface area contributed by atoms with Crippen LogP contribution >= 0.6 is 0 Å². The lowest BCUT2D eigenvalue weighted by Gasteiger charge is -2.05. The zero-order chi connectivity index (χ0) is 15.2. The summed E-state index contributed by atoms with van der Waals surface area (Å²) in [5.41, 5.74) is 17.3. The van der Waals surface area contributed by atoms with E-state index < -0.39 is 0 Å². The molecule has 0 heterocycles. The number of benzene rings is 2. The Kier molecular flexibility index (Phi) is 4.62. The van der Waals surface area contributed by atoms with E-state index in [1.165, 1.54) is 0 Å². The van der Waals surface area contributed by atoms with Crippen molar-refractivity contribution in [1.82, 2.24) is 0 Å². The molecule has 21 heavy (non-hydrogen) atoms. The fourth-order valence-corrected chi connectivity index (χ4v) is 1.94. The Morgan fingerprint density at radius 2 is 1.43 bits per heavy atom. The van der Waals surface area contributed by atoms with Crippen molar-refractivity contribution in [2.24, 2.45) is 5.73 Å². The van der Waals surface area contributed by atoms with Gasteiger partial charge in [0, 0.05) is 11.4 Å². The lowest BCUT2D eigenvalue weighted by atomic mass is 10.0. The Labute approximate surface area is 126 Å². The van der Waals surface area contributed by atoms with E-state index in [9.17, 15) is 0 Å². The third-order valence-electron chi connectivity index (χ3n) is 3.31. The molecule has 2 aromatic carbocycles. The van der Waals surface area contributed by atoms with Crippen molar-refractivity contribution < 1.29 is 0 Å². The van der Waals surface area contributed by atoms with Crippen molar-refractivity contribution in [2.75, 3.05) is 5.73 Å². The molecule has 0 fully saturated rings. The normalized spacial score (nSPS) is 11.8. The number of allylic oxidation sites excluding steroid dienone is 4. The second-order valence-electron chi connectivity index (χ2n) is 4.85. The molecule has 0 unspecified atom stereocenters. The Balaban J connectivity index is 2.17. The Bertz CT molecular complexity index is 675. The van der Waals surface area contributed by atoms with E-state index in [2.05, 4.69) is 30.8 Å². The van der Waals surface area contributed by atoms with Gasteiger partial charge in [-0.05, 0) is 47.4 Å². The van der Waals surface area contributed by atoms with Crippen LogP contribution in [0.1, 0.15) is 12.5 Å². The highest BCUT2D eigenvalue weighted by molar-refractivity contribution is 5.75. The largest absolute Gasteiger partial charge is 0.399 e. The topological polar surface area (TPSA) is 52.0 Å². The second-order valence-corrected chi connectivity index (χ2v) is 4.85. The fourth-order valence-electron chi connectivity index (χ4n) is 1.94. The molecule has 2 nitrogen and oxygen atoms in total. The van der Waals surface area contributed by atoms with Crippen LogP contribution in [0, 0.1) is 0 Å². The van der Waals surface area contributed by atoms with E-state index in [1.54, 1.807) is 0 Å². The van der Waals surface area contributed by atoms with E-state index in [4.69, 9.17) is 11.5 Å². The van der Waals surface area contributed by atoms with E-state index in [-0.39, 0.29) is 0 Å². The molecule has 0 radical (unpaired) electrons. The zero-order valence-corrected chi connectivity index (χ0v) is 12.2. The van der Waals surface area contributed by atoms with Crippen LogP contribution in [-0.4, -0.2) is 0 Å². The van der Waals surface area contributed by atoms with E-state index in [0.717, 1.165) is 33.6 Å². The molecule has 0 saturated carbocycles. The summed E-state index contributed by atoms with van der Waals surface area (Å²) in [4.78, 5) is 0. The van der Waals surface area contributed by atoms with E-state index >= 15 is 0 Å². The molecule has 4 N–H and O–H groups in total. The molecule has 0 spiro atoms. The monoisotopic (exact) mass is 276 g/mol. The summed E-state index contributed by atoms with van der Waals surface area (Å²) < 4.78 is 0. The van der Waals surface area contributed by atoms with E-state index in [0.29, 0.717) is 0 Å². The number of rotatable bonds is 4. The number of hydrogen-bond acceptors (Lipinski definition) is 2. The average Bonchev–Trinajstić information content (AvgIpc) is 2.53. The molecule has 0 aliphatic heterocycles. The summed E-state index contributed by atoms with van der Waals surface area (Å²) >= 11 is 0. The fraction of sp³-hybridized carbons (Fsp3) is 0.0526. The highest BCUT2D eigenvalue weighted by atomic mass is 14.5. The molecule has 0 aromatic heterocycles. The standard InChI is InChI=1S/C19H20N2/c1-3-18(20)11-4-14(2)15-5-7-16(8-6-15)17-9-12-19(21)13-10-17/h3-13H,2,20-21H2,1H3/b11-4-,18-3+.